The van der Waals surface area contributed by atoms with Gasteiger partial charge in [-0.15, -0.1) is 0 Å². The average Bonchev–Trinajstić information content (AvgIpc) is 2.28. The molecule has 0 saturated carbocycles. The molecule has 0 aliphatic rings. The SMILES string of the molecule is CCC(N)(C(=O)O)c1ccc(OC)cc1. The van der Waals surface area contributed by atoms with Gasteiger partial charge in [0.15, 0.2) is 0 Å². The summed E-state index contributed by atoms with van der Waals surface area (Å²) < 4.78 is 4.99. The molecule has 1 unspecified atom stereocenters. The number of benzene rings is 1. The van der Waals surface area contributed by atoms with Crippen LogP contribution in [0.4, 0.5) is 0 Å². The van der Waals surface area contributed by atoms with Crippen molar-refractivity contribution in [3.63, 3.8) is 0 Å². The molecule has 4 nitrogen and oxygen atoms in total. The topological polar surface area (TPSA) is 72.6 Å². The van der Waals surface area contributed by atoms with E-state index in [1.54, 1.807) is 38.3 Å². The third-order valence-electron chi connectivity index (χ3n) is 2.54. The van der Waals surface area contributed by atoms with Crippen LogP contribution in [0.3, 0.4) is 0 Å². The summed E-state index contributed by atoms with van der Waals surface area (Å²) in [5, 5.41) is 9.06. The molecule has 0 saturated heterocycles. The number of aliphatic carboxylic acids is 1. The van der Waals surface area contributed by atoms with Crippen molar-refractivity contribution in [3.05, 3.63) is 29.8 Å². The number of ether oxygens (including phenoxy) is 1. The molecule has 1 aromatic carbocycles. The van der Waals surface area contributed by atoms with Gasteiger partial charge in [0.25, 0.3) is 0 Å². The molecule has 82 valence electrons. The molecule has 0 aliphatic carbocycles. The van der Waals surface area contributed by atoms with E-state index in [1.807, 2.05) is 0 Å². The highest BCUT2D eigenvalue weighted by Gasteiger charge is 2.33. The summed E-state index contributed by atoms with van der Waals surface area (Å²) in [4.78, 5) is 11.1. The van der Waals surface area contributed by atoms with Crippen LogP contribution in [0.5, 0.6) is 5.75 Å². The van der Waals surface area contributed by atoms with E-state index in [-0.39, 0.29) is 0 Å². The van der Waals surface area contributed by atoms with Crippen molar-refractivity contribution in [2.75, 3.05) is 7.11 Å². The number of hydrogen-bond acceptors (Lipinski definition) is 3. The van der Waals surface area contributed by atoms with Crippen molar-refractivity contribution < 1.29 is 14.6 Å². The zero-order valence-electron chi connectivity index (χ0n) is 8.86. The second-order valence-corrected chi connectivity index (χ2v) is 3.36. The minimum absolute atomic E-state index is 0.342. The van der Waals surface area contributed by atoms with E-state index in [2.05, 4.69) is 0 Å². The molecule has 0 aromatic heterocycles. The van der Waals surface area contributed by atoms with Gasteiger partial charge in [0.2, 0.25) is 0 Å². The van der Waals surface area contributed by atoms with Crippen LogP contribution in [0.2, 0.25) is 0 Å². The average molecular weight is 209 g/mol. The van der Waals surface area contributed by atoms with E-state index in [1.165, 1.54) is 0 Å². The van der Waals surface area contributed by atoms with Crippen molar-refractivity contribution in [1.82, 2.24) is 0 Å². The Hall–Kier alpha value is -1.55. The highest BCUT2D eigenvalue weighted by Crippen LogP contribution is 2.24. The van der Waals surface area contributed by atoms with Crippen LogP contribution < -0.4 is 10.5 Å². The van der Waals surface area contributed by atoms with E-state index in [4.69, 9.17) is 15.6 Å². The molecule has 0 aliphatic heterocycles. The van der Waals surface area contributed by atoms with Gasteiger partial charge in [0.1, 0.15) is 11.3 Å². The van der Waals surface area contributed by atoms with Crippen LogP contribution in [0.25, 0.3) is 0 Å². The first-order valence-electron chi connectivity index (χ1n) is 4.71. The fourth-order valence-corrected chi connectivity index (χ4v) is 1.37. The van der Waals surface area contributed by atoms with Gasteiger partial charge in [0, 0.05) is 0 Å². The number of methoxy groups -OCH3 is 1. The van der Waals surface area contributed by atoms with Crippen molar-refractivity contribution in [1.29, 1.82) is 0 Å². The molecule has 0 spiro atoms. The number of carboxylic acids is 1. The van der Waals surface area contributed by atoms with Crippen LogP contribution in [-0.2, 0) is 10.3 Å². The number of carboxylic acid groups (broad SMARTS) is 1. The first-order valence-corrected chi connectivity index (χ1v) is 4.71. The summed E-state index contributed by atoms with van der Waals surface area (Å²) in [6.45, 7) is 1.75. The predicted molar refractivity (Wildman–Crippen MR) is 56.8 cm³/mol. The first kappa shape index (κ1) is 11.5. The number of rotatable bonds is 4. The minimum atomic E-state index is -1.31. The standard InChI is InChI=1S/C11H15NO3/c1-3-11(12,10(13)14)8-4-6-9(15-2)7-5-8/h4-7H,3,12H2,1-2H3,(H,13,14). The monoisotopic (exact) mass is 209 g/mol. The van der Waals surface area contributed by atoms with Crippen molar-refractivity contribution in [2.24, 2.45) is 5.73 Å². The highest BCUT2D eigenvalue weighted by atomic mass is 16.5. The van der Waals surface area contributed by atoms with Gasteiger partial charge in [-0.3, -0.25) is 0 Å². The Kier molecular flexibility index (Phi) is 3.31. The lowest BCUT2D eigenvalue weighted by Crippen LogP contribution is -2.44. The Morgan fingerprint density at radius 1 is 1.47 bits per heavy atom. The summed E-state index contributed by atoms with van der Waals surface area (Å²) in [5.74, 6) is -0.335. The second kappa shape index (κ2) is 4.31. The lowest BCUT2D eigenvalue weighted by Gasteiger charge is -2.23. The highest BCUT2D eigenvalue weighted by molar-refractivity contribution is 5.80. The third-order valence-corrected chi connectivity index (χ3v) is 2.54. The van der Waals surface area contributed by atoms with E-state index in [0.29, 0.717) is 17.7 Å². The number of carbonyl (C=O) groups is 1. The van der Waals surface area contributed by atoms with E-state index < -0.39 is 11.5 Å². The van der Waals surface area contributed by atoms with Crippen molar-refractivity contribution in [2.45, 2.75) is 18.9 Å². The zero-order chi connectivity index (χ0) is 11.5. The summed E-state index contributed by atoms with van der Waals surface area (Å²) >= 11 is 0. The van der Waals surface area contributed by atoms with Crippen LogP contribution in [0, 0.1) is 0 Å². The van der Waals surface area contributed by atoms with Crippen LogP contribution in [-0.4, -0.2) is 18.2 Å². The van der Waals surface area contributed by atoms with Gasteiger partial charge in [-0.05, 0) is 24.1 Å². The molecule has 1 atom stereocenters. The van der Waals surface area contributed by atoms with Gasteiger partial charge in [-0.2, -0.15) is 0 Å². The van der Waals surface area contributed by atoms with E-state index in [9.17, 15) is 4.79 Å². The van der Waals surface area contributed by atoms with Crippen molar-refractivity contribution in [3.8, 4) is 5.75 Å². The minimum Gasteiger partial charge on any atom is -0.497 e. The Morgan fingerprint density at radius 3 is 2.33 bits per heavy atom. The number of hydrogen-bond donors (Lipinski definition) is 2. The molecule has 3 N–H and O–H groups in total. The Balaban J connectivity index is 3.08. The number of nitrogens with two attached hydrogens (primary N) is 1. The lowest BCUT2D eigenvalue weighted by atomic mass is 9.88. The van der Waals surface area contributed by atoms with Crippen LogP contribution in [0.1, 0.15) is 18.9 Å². The maximum atomic E-state index is 11.1. The third kappa shape index (κ3) is 2.10. The summed E-state index contributed by atoms with van der Waals surface area (Å²) in [6, 6.07) is 6.76. The van der Waals surface area contributed by atoms with Gasteiger partial charge in [0.05, 0.1) is 7.11 Å². The molecule has 0 radical (unpaired) electrons. The summed E-state index contributed by atoms with van der Waals surface area (Å²) in [5.41, 5.74) is 5.08. The van der Waals surface area contributed by atoms with E-state index in [0.717, 1.165) is 0 Å². The molecule has 4 heteroatoms. The second-order valence-electron chi connectivity index (χ2n) is 3.36. The zero-order valence-corrected chi connectivity index (χ0v) is 8.86. The quantitative estimate of drug-likeness (QED) is 0.785. The molecule has 1 rings (SSSR count). The molecule has 0 amide bonds. The molecule has 0 heterocycles. The van der Waals surface area contributed by atoms with Gasteiger partial charge >= 0.3 is 5.97 Å². The van der Waals surface area contributed by atoms with Gasteiger partial charge < -0.3 is 15.6 Å². The smallest absolute Gasteiger partial charge is 0.328 e. The Bertz CT molecular complexity index is 347. The van der Waals surface area contributed by atoms with E-state index >= 15 is 0 Å². The van der Waals surface area contributed by atoms with Crippen LogP contribution in [0.15, 0.2) is 24.3 Å². The molecule has 1 aromatic rings. The Labute approximate surface area is 88.7 Å². The summed E-state index contributed by atoms with van der Waals surface area (Å²) in [7, 11) is 1.56. The van der Waals surface area contributed by atoms with Gasteiger partial charge in [-0.25, -0.2) is 4.79 Å². The maximum absolute atomic E-state index is 11.1. The normalized spacial score (nSPS) is 14.3. The first-order chi connectivity index (χ1) is 7.04. The Morgan fingerprint density at radius 2 is 2.00 bits per heavy atom. The lowest BCUT2D eigenvalue weighted by molar-refractivity contribution is -0.143. The largest absolute Gasteiger partial charge is 0.497 e. The van der Waals surface area contributed by atoms with Crippen LogP contribution >= 0.6 is 0 Å². The molecule has 0 bridgehead atoms. The molecular weight excluding hydrogens is 194 g/mol. The fourth-order valence-electron chi connectivity index (χ4n) is 1.37. The molecule has 15 heavy (non-hydrogen) atoms. The maximum Gasteiger partial charge on any atom is 0.328 e. The van der Waals surface area contributed by atoms with Crippen molar-refractivity contribution >= 4 is 5.97 Å². The fraction of sp³-hybridized carbons (Fsp3) is 0.364. The molecular formula is C11H15NO3. The molecule has 0 fully saturated rings. The predicted octanol–water partition coefficient (Wildman–Crippen LogP) is 1.34. The van der Waals surface area contributed by atoms with Gasteiger partial charge in [-0.1, -0.05) is 19.1 Å². The summed E-state index contributed by atoms with van der Waals surface area (Å²) in [6.07, 6.45) is 0.342.